The minimum Gasteiger partial charge on any atom is -0.348 e. The van der Waals surface area contributed by atoms with E-state index in [1.54, 1.807) is 47.3 Å². The summed E-state index contributed by atoms with van der Waals surface area (Å²) in [6.45, 7) is 0.296. The summed E-state index contributed by atoms with van der Waals surface area (Å²) in [5, 5.41) is 7.29. The van der Waals surface area contributed by atoms with E-state index in [0.717, 1.165) is 22.5 Å². The minimum absolute atomic E-state index is 0.220. The van der Waals surface area contributed by atoms with E-state index in [4.69, 9.17) is 0 Å². The van der Waals surface area contributed by atoms with Crippen LogP contribution in [0.5, 0.6) is 0 Å². The number of benzene rings is 3. The molecule has 0 radical (unpaired) electrons. The summed E-state index contributed by atoms with van der Waals surface area (Å²) in [6.07, 6.45) is 2.90. The molecule has 0 atom stereocenters. The molecule has 0 saturated carbocycles. The SMILES string of the molecule is CS(=O)(=O)c1ccc(CNC(=O)c2cccc(-n3nccc3-c3ccccc3)c2)cc1. The predicted octanol–water partition coefficient (Wildman–Crippen LogP) is 3.87. The van der Waals surface area contributed by atoms with E-state index in [2.05, 4.69) is 10.4 Å². The summed E-state index contributed by atoms with van der Waals surface area (Å²) in [5.41, 5.74) is 4.08. The quantitative estimate of drug-likeness (QED) is 0.502. The first kappa shape index (κ1) is 20.6. The maximum Gasteiger partial charge on any atom is 0.251 e. The predicted molar refractivity (Wildman–Crippen MR) is 120 cm³/mol. The van der Waals surface area contributed by atoms with E-state index in [-0.39, 0.29) is 10.8 Å². The van der Waals surface area contributed by atoms with Gasteiger partial charge in [-0.2, -0.15) is 5.10 Å². The molecule has 0 fully saturated rings. The average Bonchev–Trinajstić information content (AvgIpc) is 3.28. The van der Waals surface area contributed by atoms with Crippen molar-refractivity contribution >= 4 is 15.7 Å². The Hall–Kier alpha value is -3.71. The van der Waals surface area contributed by atoms with Crippen LogP contribution in [0.1, 0.15) is 15.9 Å². The molecule has 7 heteroatoms. The fourth-order valence-corrected chi connectivity index (χ4v) is 3.88. The Morgan fingerprint density at radius 3 is 2.39 bits per heavy atom. The third-order valence-electron chi connectivity index (χ3n) is 4.87. The van der Waals surface area contributed by atoms with Crippen LogP contribution in [-0.4, -0.2) is 30.4 Å². The fraction of sp³-hybridized carbons (Fsp3) is 0.0833. The van der Waals surface area contributed by atoms with Crippen molar-refractivity contribution in [2.75, 3.05) is 6.26 Å². The van der Waals surface area contributed by atoms with Crippen LogP contribution in [0.2, 0.25) is 0 Å². The fourth-order valence-electron chi connectivity index (χ4n) is 3.25. The Kier molecular flexibility index (Phi) is 5.68. The van der Waals surface area contributed by atoms with Gasteiger partial charge in [0.1, 0.15) is 0 Å². The largest absolute Gasteiger partial charge is 0.348 e. The molecule has 0 bridgehead atoms. The molecule has 0 aliphatic carbocycles. The van der Waals surface area contributed by atoms with Crippen LogP contribution in [0.25, 0.3) is 16.9 Å². The molecule has 156 valence electrons. The molecule has 0 aliphatic heterocycles. The first-order valence-corrected chi connectivity index (χ1v) is 11.6. The molecule has 31 heavy (non-hydrogen) atoms. The third-order valence-corrected chi connectivity index (χ3v) is 6.00. The lowest BCUT2D eigenvalue weighted by Gasteiger charge is -2.10. The molecule has 4 rings (SSSR count). The number of carbonyl (C=O) groups is 1. The number of sulfone groups is 1. The first-order valence-electron chi connectivity index (χ1n) is 9.69. The summed E-state index contributed by atoms with van der Waals surface area (Å²) >= 11 is 0. The van der Waals surface area contributed by atoms with Crippen molar-refractivity contribution < 1.29 is 13.2 Å². The number of hydrogen-bond acceptors (Lipinski definition) is 4. The van der Waals surface area contributed by atoms with E-state index >= 15 is 0 Å². The third kappa shape index (κ3) is 4.73. The summed E-state index contributed by atoms with van der Waals surface area (Å²) in [4.78, 5) is 12.9. The van der Waals surface area contributed by atoms with Crippen LogP contribution in [0.4, 0.5) is 0 Å². The number of amides is 1. The first-order chi connectivity index (χ1) is 14.9. The van der Waals surface area contributed by atoms with Crippen molar-refractivity contribution in [1.29, 1.82) is 0 Å². The molecule has 1 aromatic heterocycles. The lowest BCUT2D eigenvalue weighted by atomic mass is 10.1. The van der Waals surface area contributed by atoms with Gasteiger partial charge in [0, 0.05) is 23.9 Å². The molecule has 0 spiro atoms. The van der Waals surface area contributed by atoms with Gasteiger partial charge >= 0.3 is 0 Å². The molecular weight excluding hydrogens is 410 g/mol. The van der Waals surface area contributed by atoms with E-state index in [0.29, 0.717) is 12.1 Å². The average molecular weight is 432 g/mol. The van der Waals surface area contributed by atoms with E-state index in [1.165, 1.54) is 6.26 Å². The number of rotatable bonds is 6. The van der Waals surface area contributed by atoms with Crippen LogP contribution < -0.4 is 5.32 Å². The maximum absolute atomic E-state index is 12.7. The highest BCUT2D eigenvalue weighted by Gasteiger charge is 2.11. The number of aromatic nitrogens is 2. The highest BCUT2D eigenvalue weighted by atomic mass is 32.2. The summed E-state index contributed by atoms with van der Waals surface area (Å²) < 4.78 is 24.9. The van der Waals surface area contributed by atoms with Crippen LogP contribution >= 0.6 is 0 Å². The van der Waals surface area contributed by atoms with Gasteiger partial charge in [0.05, 0.1) is 22.5 Å². The van der Waals surface area contributed by atoms with Crippen LogP contribution in [0, 0.1) is 0 Å². The molecule has 3 aromatic carbocycles. The van der Waals surface area contributed by atoms with Crippen molar-refractivity contribution in [3.05, 3.63) is 102 Å². The Morgan fingerprint density at radius 2 is 1.68 bits per heavy atom. The maximum atomic E-state index is 12.7. The van der Waals surface area contributed by atoms with Crippen LogP contribution in [0.15, 0.2) is 96.0 Å². The number of carbonyl (C=O) groups excluding carboxylic acids is 1. The second-order valence-electron chi connectivity index (χ2n) is 7.14. The Balaban J connectivity index is 1.50. The normalized spacial score (nSPS) is 11.3. The van der Waals surface area contributed by atoms with Gasteiger partial charge in [0.2, 0.25) is 0 Å². The van der Waals surface area contributed by atoms with Crippen molar-refractivity contribution in [1.82, 2.24) is 15.1 Å². The molecule has 0 aliphatic rings. The van der Waals surface area contributed by atoms with E-state index in [1.807, 2.05) is 48.5 Å². The van der Waals surface area contributed by atoms with E-state index in [9.17, 15) is 13.2 Å². The van der Waals surface area contributed by atoms with Crippen molar-refractivity contribution in [3.63, 3.8) is 0 Å². The number of nitrogens with one attached hydrogen (secondary N) is 1. The molecule has 6 nitrogen and oxygen atoms in total. The summed E-state index contributed by atoms with van der Waals surface area (Å²) in [7, 11) is -3.24. The van der Waals surface area contributed by atoms with Crippen molar-refractivity contribution in [2.45, 2.75) is 11.4 Å². The summed E-state index contributed by atoms with van der Waals surface area (Å²) in [6, 6.07) is 25.6. The topological polar surface area (TPSA) is 81.1 Å². The number of hydrogen-bond donors (Lipinski definition) is 1. The Morgan fingerprint density at radius 1 is 0.935 bits per heavy atom. The summed E-state index contributed by atoms with van der Waals surface area (Å²) in [5.74, 6) is -0.220. The highest BCUT2D eigenvalue weighted by molar-refractivity contribution is 7.90. The Bertz CT molecular complexity index is 1310. The zero-order chi connectivity index (χ0) is 21.8. The molecule has 1 N–H and O–H groups in total. The number of nitrogens with zero attached hydrogens (tertiary/aromatic N) is 2. The molecule has 0 unspecified atom stereocenters. The van der Waals surface area contributed by atoms with Gasteiger partial charge in [-0.05, 0) is 42.0 Å². The second kappa shape index (κ2) is 8.57. The van der Waals surface area contributed by atoms with Gasteiger partial charge in [-0.15, -0.1) is 0 Å². The smallest absolute Gasteiger partial charge is 0.251 e. The zero-order valence-corrected chi connectivity index (χ0v) is 17.7. The second-order valence-corrected chi connectivity index (χ2v) is 9.16. The van der Waals surface area contributed by atoms with Gasteiger partial charge in [0.15, 0.2) is 9.84 Å². The van der Waals surface area contributed by atoms with Crippen molar-refractivity contribution in [3.8, 4) is 16.9 Å². The molecule has 4 aromatic rings. The highest BCUT2D eigenvalue weighted by Crippen LogP contribution is 2.22. The van der Waals surface area contributed by atoms with Crippen LogP contribution in [-0.2, 0) is 16.4 Å². The van der Waals surface area contributed by atoms with Gasteiger partial charge in [-0.25, -0.2) is 13.1 Å². The van der Waals surface area contributed by atoms with Gasteiger partial charge < -0.3 is 5.32 Å². The lowest BCUT2D eigenvalue weighted by molar-refractivity contribution is 0.0951. The monoisotopic (exact) mass is 431 g/mol. The standard InChI is InChI=1S/C24H21N3O3S/c1-31(29,30)22-12-10-18(11-13-22)17-25-24(28)20-8-5-9-21(16-20)27-23(14-15-26-27)19-6-3-2-4-7-19/h2-16H,17H2,1H3,(H,25,28). The van der Waals surface area contributed by atoms with Crippen molar-refractivity contribution in [2.24, 2.45) is 0 Å². The minimum atomic E-state index is -3.24. The lowest BCUT2D eigenvalue weighted by Crippen LogP contribution is -2.23. The van der Waals surface area contributed by atoms with Gasteiger partial charge in [-0.3, -0.25) is 4.79 Å². The van der Waals surface area contributed by atoms with Crippen LogP contribution in [0.3, 0.4) is 0 Å². The zero-order valence-electron chi connectivity index (χ0n) is 16.9. The van der Waals surface area contributed by atoms with E-state index < -0.39 is 9.84 Å². The molecule has 1 amide bonds. The van der Waals surface area contributed by atoms with Gasteiger partial charge in [0.25, 0.3) is 5.91 Å². The Labute approximate surface area is 181 Å². The van der Waals surface area contributed by atoms with Gasteiger partial charge in [-0.1, -0.05) is 48.5 Å². The molecule has 1 heterocycles. The molecular formula is C24H21N3O3S. The molecule has 0 saturated heterocycles.